The minimum atomic E-state index is -0.205. The molecule has 3 N–H and O–H groups in total. The number of hydrogen-bond donors (Lipinski definition) is 2. The highest BCUT2D eigenvalue weighted by Gasteiger charge is 2.18. The van der Waals surface area contributed by atoms with Crippen molar-refractivity contribution in [1.82, 2.24) is 0 Å². The van der Waals surface area contributed by atoms with Crippen LogP contribution in [-0.4, -0.2) is 11.7 Å². The number of carbonyl (C=O) groups excluding carboxylic acids is 1. The quantitative estimate of drug-likeness (QED) is 0.713. The number of carbonyl (C=O) groups is 1. The zero-order chi connectivity index (χ0) is 14.3. The molecule has 0 atom stereocenters. The number of nitrogens with zero attached hydrogens (tertiary/aromatic N) is 1. The molecular weight excluding hydrogens is 386 g/mol. The van der Waals surface area contributed by atoms with Gasteiger partial charge in [-0.15, -0.1) is 0 Å². The molecule has 20 heavy (non-hydrogen) atoms. The second kappa shape index (κ2) is 5.03. The highest BCUT2D eigenvalue weighted by atomic mass is 79.9. The van der Waals surface area contributed by atoms with Gasteiger partial charge in [-0.1, -0.05) is 31.9 Å². The summed E-state index contributed by atoms with van der Waals surface area (Å²) in [5.41, 5.74) is 8.42. The van der Waals surface area contributed by atoms with Gasteiger partial charge in [0.2, 0.25) is 0 Å². The van der Waals surface area contributed by atoms with Crippen LogP contribution in [0.15, 0.2) is 50.3 Å². The Morgan fingerprint density at radius 1 is 1.00 bits per heavy atom. The van der Waals surface area contributed by atoms with Gasteiger partial charge in [0.25, 0.3) is 5.91 Å². The van der Waals surface area contributed by atoms with Crippen LogP contribution >= 0.6 is 31.9 Å². The van der Waals surface area contributed by atoms with E-state index in [0.29, 0.717) is 28.3 Å². The van der Waals surface area contributed by atoms with Crippen molar-refractivity contribution < 1.29 is 4.79 Å². The Balaban J connectivity index is 2.25. The Morgan fingerprint density at radius 2 is 1.65 bits per heavy atom. The lowest BCUT2D eigenvalue weighted by atomic mass is 10.1. The summed E-state index contributed by atoms with van der Waals surface area (Å²) < 4.78 is 1.71. The lowest BCUT2D eigenvalue weighted by Gasteiger charge is -2.16. The highest BCUT2D eigenvalue weighted by molar-refractivity contribution is 9.10. The fraction of sp³-hybridized carbons (Fsp3) is 0. The lowest BCUT2D eigenvalue weighted by molar-refractivity contribution is 0.102. The van der Waals surface area contributed by atoms with Crippen molar-refractivity contribution in [2.75, 3.05) is 5.32 Å². The minimum Gasteiger partial charge on any atom is -0.383 e. The molecule has 6 heteroatoms. The van der Waals surface area contributed by atoms with E-state index >= 15 is 0 Å². The topological polar surface area (TPSA) is 67.5 Å². The molecule has 2 aromatic carbocycles. The molecule has 100 valence electrons. The van der Waals surface area contributed by atoms with Crippen LogP contribution < -0.4 is 11.1 Å². The maximum Gasteiger partial charge on any atom is 0.257 e. The first-order chi connectivity index (χ1) is 9.54. The first-order valence-corrected chi connectivity index (χ1v) is 7.38. The van der Waals surface area contributed by atoms with Gasteiger partial charge < -0.3 is 11.1 Å². The number of nitrogens with two attached hydrogens (primary N) is 1. The first kappa shape index (κ1) is 13.3. The van der Waals surface area contributed by atoms with Gasteiger partial charge in [0.05, 0.1) is 16.9 Å². The number of nitrogens with one attached hydrogen (secondary N) is 1. The van der Waals surface area contributed by atoms with Gasteiger partial charge in [0.1, 0.15) is 5.84 Å². The molecule has 0 saturated heterocycles. The van der Waals surface area contributed by atoms with Gasteiger partial charge >= 0.3 is 0 Å². The Hall–Kier alpha value is -1.66. The third-order valence-electron chi connectivity index (χ3n) is 2.95. The van der Waals surface area contributed by atoms with Crippen LogP contribution in [0.5, 0.6) is 0 Å². The largest absolute Gasteiger partial charge is 0.383 e. The fourth-order valence-corrected chi connectivity index (χ4v) is 2.72. The summed E-state index contributed by atoms with van der Waals surface area (Å²) in [7, 11) is 0. The Bertz CT molecular complexity index is 756. The molecule has 1 aliphatic rings. The molecule has 0 aromatic heterocycles. The zero-order valence-electron chi connectivity index (χ0n) is 10.2. The number of halogens is 2. The van der Waals surface area contributed by atoms with Crippen LogP contribution in [-0.2, 0) is 0 Å². The molecule has 0 spiro atoms. The smallest absolute Gasteiger partial charge is 0.257 e. The maximum atomic E-state index is 12.3. The summed E-state index contributed by atoms with van der Waals surface area (Å²) in [6, 6.07) is 10.8. The van der Waals surface area contributed by atoms with Crippen LogP contribution in [0.1, 0.15) is 15.9 Å². The predicted molar refractivity (Wildman–Crippen MR) is 86.6 cm³/mol. The zero-order valence-corrected chi connectivity index (χ0v) is 13.3. The average molecular weight is 395 g/mol. The monoisotopic (exact) mass is 393 g/mol. The van der Waals surface area contributed by atoms with Crippen molar-refractivity contribution in [3.8, 4) is 0 Å². The molecule has 0 fully saturated rings. The van der Waals surface area contributed by atoms with Crippen molar-refractivity contribution >= 4 is 55.0 Å². The molecule has 0 saturated carbocycles. The number of aliphatic imine (C=N–C) groups is 1. The number of amides is 1. The Labute approximate surface area is 132 Å². The van der Waals surface area contributed by atoms with Crippen molar-refractivity contribution in [2.24, 2.45) is 10.7 Å². The second-order valence-corrected chi connectivity index (χ2v) is 6.13. The normalized spacial score (nSPS) is 13.5. The van der Waals surface area contributed by atoms with Crippen LogP contribution in [0.3, 0.4) is 0 Å². The van der Waals surface area contributed by atoms with E-state index in [1.165, 1.54) is 0 Å². The van der Waals surface area contributed by atoms with E-state index in [4.69, 9.17) is 5.73 Å². The van der Waals surface area contributed by atoms with Crippen LogP contribution in [0.4, 0.5) is 11.4 Å². The molecule has 0 unspecified atom stereocenters. The third kappa shape index (κ3) is 2.36. The van der Waals surface area contributed by atoms with Gasteiger partial charge in [-0.25, -0.2) is 4.99 Å². The molecule has 0 aliphatic carbocycles. The number of benzene rings is 2. The first-order valence-electron chi connectivity index (χ1n) is 5.79. The fourth-order valence-electron chi connectivity index (χ4n) is 2.01. The average Bonchev–Trinajstić information content (AvgIpc) is 2.37. The van der Waals surface area contributed by atoms with Gasteiger partial charge in [-0.3, -0.25) is 4.79 Å². The SMILES string of the molecule is NC1=Nc2cc(Br)ccc2C(=O)Nc2cc(Br)ccc21. The Kier molecular flexibility index (Phi) is 3.35. The number of anilines is 1. The van der Waals surface area contributed by atoms with Crippen LogP contribution in [0.2, 0.25) is 0 Å². The van der Waals surface area contributed by atoms with Crippen molar-refractivity contribution in [1.29, 1.82) is 0 Å². The summed E-state index contributed by atoms with van der Waals surface area (Å²) in [5.74, 6) is 0.162. The second-order valence-electron chi connectivity index (χ2n) is 4.30. The number of rotatable bonds is 0. The summed E-state index contributed by atoms with van der Waals surface area (Å²) in [6.45, 7) is 0. The van der Waals surface area contributed by atoms with E-state index in [1.807, 2.05) is 12.1 Å². The molecule has 0 radical (unpaired) electrons. The molecule has 3 rings (SSSR count). The molecule has 4 nitrogen and oxygen atoms in total. The Morgan fingerprint density at radius 3 is 2.40 bits per heavy atom. The van der Waals surface area contributed by atoms with E-state index in [9.17, 15) is 4.79 Å². The molecule has 1 aliphatic heterocycles. The lowest BCUT2D eigenvalue weighted by Crippen LogP contribution is -2.21. The number of hydrogen-bond acceptors (Lipinski definition) is 3. The van der Waals surface area contributed by atoms with Crippen molar-refractivity contribution in [3.05, 3.63) is 56.5 Å². The van der Waals surface area contributed by atoms with E-state index < -0.39 is 0 Å². The number of fused-ring (bicyclic) bond motifs is 2. The molecule has 0 bridgehead atoms. The molecule has 1 amide bonds. The van der Waals surface area contributed by atoms with E-state index in [2.05, 4.69) is 42.2 Å². The summed E-state index contributed by atoms with van der Waals surface area (Å²) in [5, 5.41) is 2.86. The molecule has 2 aromatic rings. The van der Waals surface area contributed by atoms with Gasteiger partial charge in [-0.05, 0) is 36.4 Å². The number of amidine groups is 1. The molecule has 1 heterocycles. The highest BCUT2D eigenvalue weighted by Crippen LogP contribution is 2.30. The van der Waals surface area contributed by atoms with Crippen molar-refractivity contribution in [3.63, 3.8) is 0 Å². The van der Waals surface area contributed by atoms with E-state index in [-0.39, 0.29) is 5.91 Å². The summed E-state index contributed by atoms with van der Waals surface area (Å²) in [6.07, 6.45) is 0. The van der Waals surface area contributed by atoms with Crippen LogP contribution in [0.25, 0.3) is 0 Å². The van der Waals surface area contributed by atoms with E-state index in [1.54, 1.807) is 24.3 Å². The van der Waals surface area contributed by atoms with E-state index in [0.717, 1.165) is 8.95 Å². The van der Waals surface area contributed by atoms with Gasteiger partial charge in [0.15, 0.2) is 0 Å². The van der Waals surface area contributed by atoms with Crippen LogP contribution in [0, 0.1) is 0 Å². The minimum absolute atomic E-state index is 0.205. The summed E-state index contributed by atoms with van der Waals surface area (Å²) in [4.78, 5) is 16.7. The maximum absolute atomic E-state index is 12.3. The van der Waals surface area contributed by atoms with Gasteiger partial charge in [0, 0.05) is 14.5 Å². The van der Waals surface area contributed by atoms with Crippen molar-refractivity contribution in [2.45, 2.75) is 0 Å². The third-order valence-corrected chi connectivity index (χ3v) is 3.94. The van der Waals surface area contributed by atoms with Gasteiger partial charge in [-0.2, -0.15) is 0 Å². The molecular formula is C14H9Br2N3O. The standard InChI is InChI=1S/C14H9Br2N3O/c15-7-1-3-9-11(5-7)19-14(20)10-4-2-8(16)6-12(10)18-13(9)17/h1-6H,(H2,17,18)(H,19,20). The predicted octanol–water partition coefficient (Wildman–Crippen LogP) is 3.81. The summed E-state index contributed by atoms with van der Waals surface area (Å²) >= 11 is 6.75.